The molecule has 0 atom stereocenters. The first-order chi connectivity index (χ1) is 21.0. The number of nitrogens with one attached hydrogen (secondary N) is 1. The van der Waals surface area contributed by atoms with Gasteiger partial charge in [0.1, 0.15) is 24.6 Å². The molecule has 3 aromatic carbocycles. The molecule has 7 nitrogen and oxygen atoms in total. The average Bonchev–Trinajstić information content (AvgIpc) is 3.03. The summed E-state index contributed by atoms with van der Waals surface area (Å²) in [5.74, 6) is 2.37. The molecule has 3 aromatic rings. The fourth-order valence-electron chi connectivity index (χ4n) is 8.11. The number of nitrogens with zero attached hydrogens (tertiary/aromatic N) is 2. The van der Waals surface area contributed by atoms with Gasteiger partial charge >= 0.3 is 0 Å². The Labute approximate surface area is 250 Å². The number of aryl methyl sites for hydroxylation is 2. The number of carboxylic acids is 1. The highest BCUT2D eigenvalue weighted by atomic mass is 16.5. The summed E-state index contributed by atoms with van der Waals surface area (Å²) in [6.45, 7) is 4.28. The van der Waals surface area contributed by atoms with Crippen molar-refractivity contribution in [3.63, 3.8) is 0 Å². The van der Waals surface area contributed by atoms with Gasteiger partial charge in [0.05, 0.1) is 18.1 Å². The number of carbonyl (C=O) groups excluding carboxylic acids is 2. The van der Waals surface area contributed by atoms with Gasteiger partial charge in [-0.15, -0.1) is 6.42 Å². The molecule has 5 aliphatic heterocycles. The van der Waals surface area contributed by atoms with Gasteiger partial charge in [0, 0.05) is 70.2 Å². The lowest BCUT2D eigenvalue weighted by Gasteiger charge is -2.39. The van der Waals surface area contributed by atoms with Crippen LogP contribution < -0.4 is 35.2 Å². The molecule has 0 bridgehead atoms. The van der Waals surface area contributed by atoms with Crippen molar-refractivity contribution in [2.24, 2.45) is 0 Å². The molecule has 0 saturated heterocycles. The van der Waals surface area contributed by atoms with E-state index in [1.54, 1.807) is 12.1 Å². The van der Waals surface area contributed by atoms with E-state index in [2.05, 4.69) is 32.8 Å². The summed E-state index contributed by atoms with van der Waals surface area (Å²) in [5.41, 5.74) is 8.95. The molecule has 0 radical (unpaired) electrons. The van der Waals surface area contributed by atoms with Gasteiger partial charge in [0.15, 0.2) is 0 Å². The van der Waals surface area contributed by atoms with Crippen molar-refractivity contribution in [1.29, 1.82) is 0 Å². The minimum absolute atomic E-state index is 0.0110. The summed E-state index contributed by atoms with van der Waals surface area (Å²) in [4.78, 5) is 28.0. The first-order valence-corrected chi connectivity index (χ1v) is 15.5. The molecule has 216 valence electrons. The summed E-state index contributed by atoms with van der Waals surface area (Å²) in [7, 11) is 0. The van der Waals surface area contributed by atoms with E-state index < -0.39 is 11.9 Å². The molecule has 0 saturated carbocycles. The van der Waals surface area contributed by atoms with Gasteiger partial charge in [-0.1, -0.05) is 12.0 Å². The van der Waals surface area contributed by atoms with Crippen molar-refractivity contribution in [2.75, 3.05) is 37.6 Å². The van der Waals surface area contributed by atoms with Gasteiger partial charge in [0.25, 0.3) is 5.91 Å². The molecule has 7 heteroatoms. The maximum atomic E-state index is 12.8. The van der Waals surface area contributed by atoms with Crippen LogP contribution in [-0.2, 0) is 25.7 Å². The first-order valence-electron chi connectivity index (χ1n) is 15.5. The standard InChI is InChI=1S/C36H33N3O4/c1-2-13-37-35(40)23-11-12-24(27(20-23)36(41)42)30-28-18-21-7-3-14-38-16-5-9-25(31(21)38)33(28)43-34-26-10-6-17-39-15-4-8-22(32(26)39)19-29(30)34/h1,11-12,18-20H,3-10,13-17H2,(H-,37,40,41,42). The molecule has 0 unspecified atom stereocenters. The lowest BCUT2D eigenvalue weighted by molar-refractivity contribution is -0.255. The van der Waals surface area contributed by atoms with Gasteiger partial charge in [-0.05, 0) is 73.9 Å². The van der Waals surface area contributed by atoms with Crippen LogP contribution in [0.25, 0.3) is 5.57 Å². The molecular weight excluding hydrogens is 538 g/mol. The lowest BCUT2D eigenvalue weighted by Crippen LogP contribution is -2.45. The van der Waals surface area contributed by atoms with Crippen molar-refractivity contribution in [3.8, 4) is 23.8 Å². The molecule has 1 amide bonds. The molecule has 0 aliphatic carbocycles. The Bertz CT molecular complexity index is 1930. The summed E-state index contributed by atoms with van der Waals surface area (Å²) in [6.07, 6.45) is 13.5. The second kappa shape index (κ2) is 10.0. The number of terminal acetylenes is 1. The van der Waals surface area contributed by atoms with Crippen LogP contribution in [0.3, 0.4) is 0 Å². The van der Waals surface area contributed by atoms with Gasteiger partial charge in [0.2, 0.25) is 5.36 Å². The minimum atomic E-state index is -1.32. The van der Waals surface area contributed by atoms with Crippen LogP contribution in [-0.4, -0.2) is 44.6 Å². The number of carboxylic acid groups (broad SMARTS) is 1. The Hall–Kier alpha value is -4.57. The van der Waals surface area contributed by atoms with E-state index in [0.717, 1.165) is 105 Å². The Morgan fingerprint density at radius 3 is 2.51 bits per heavy atom. The Morgan fingerprint density at radius 1 is 0.930 bits per heavy atom. The van der Waals surface area contributed by atoms with Crippen molar-refractivity contribution in [2.45, 2.75) is 51.4 Å². The number of carbonyl (C=O) groups is 2. The predicted octanol–water partition coefficient (Wildman–Crippen LogP) is 1.85. The van der Waals surface area contributed by atoms with Crippen LogP contribution >= 0.6 is 0 Å². The number of hydrogen-bond donors (Lipinski definition) is 1. The van der Waals surface area contributed by atoms with Crippen molar-refractivity contribution in [3.05, 3.63) is 85.4 Å². The highest BCUT2D eigenvalue weighted by Gasteiger charge is 2.36. The van der Waals surface area contributed by atoms with E-state index in [9.17, 15) is 14.7 Å². The fourth-order valence-corrected chi connectivity index (χ4v) is 8.11. The molecular formula is C36H33N3O4. The van der Waals surface area contributed by atoms with Crippen LogP contribution in [0.5, 0.6) is 11.5 Å². The smallest absolute Gasteiger partial charge is 0.252 e. The topological polar surface area (TPSA) is 84.7 Å². The maximum absolute atomic E-state index is 12.8. The number of anilines is 1. The first kappa shape index (κ1) is 26.1. The molecule has 0 fully saturated rings. The largest absolute Gasteiger partial charge is 0.545 e. The van der Waals surface area contributed by atoms with E-state index in [4.69, 9.17) is 11.2 Å². The zero-order valence-corrected chi connectivity index (χ0v) is 24.2. The number of benzene rings is 3. The summed E-state index contributed by atoms with van der Waals surface area (Å²) >= 11 is 0. The third kappa shape index (κ3) is 4.00. The number of ether oxygens (including phenoxy) is 1. The Morgan fingerprint density at radius 2 is 1.70 bits per heavy atom. The molecule has 1 N–H and O–H groups in total. The lowest BCUT2D eigenvalue weighted by atomic mass is 9.81. The van der Waals surface area contributed by atoms with Gasteiger partial charge < -0.3 is 24.9 Å². The third-order valence-corrected chi connectivity index (χ3v) is 9.81. The van der Waals surface area contributed by atoms with Crippen LogP contribution in [0.2, 0.25) is 0 Å². The van der Waals surface area contributed by atoms with Gasteiger partial charge in [-0.2, -0.15) is 0 Å². The average molecular weight is 572 g/mol. The second-order valence-corrected chi connectivity index (χ2v) is 12.3. The van der Waals surface area contributed by atoms with Crippen molar-refractivity contribution >= 4 is 23.1 Å². The molecule has 0 spiro atoms. The van der Waals surface area contributed by atoms with Gasteiger partial charge in [-0.3, -0.25) is 4.79 Å². The second-order valence-electron chi connectivity index (χ2n) is 12.3. The van der Waals surface area contributed by atoms with Crippen LogP contribution in [0.4, 0.5) is 5.69 Å². The molecule has 0 aromatic heterocycles. The minimum Gasteiger partial charge on any atom is -0.545 e. The van der Waals surface area contributed by atoms with E-state index in [1.165, 1.54) is 39.4 Å². The summed E-state index contributed by atoms with van der Waals surface area (Å²) in [6, 6.07) is 9.36. The monoisotopic (exact) mass is 571 g/mol. The quantitative estimate of drug-likeness (QED) is 0.299. The van der Waals surface area contributed by atoms with Crippen LogP contribution in [0.15, 0.2) is 30.3 Å². The molecule has 8 rings (SSSR count). The zero-order valence-electron chi connectivity index (χ0n) is 24.2. The Balaban J connectivity index is 1.47. The number of amides is 1. The number of fused-ring (bicyclic) bond motifs is 4. The normalized spacial score (nSPS) is 17.5. The van der Waals surface area contributed by atoms with E-state index in [-0.39, 0.29) is 17.7 Å². The number of hydrogen-bond acceptors (Lipinski definition) is 5. The van der Waals surface area contributed by atoms with Crippen LogP contribution in [0.1, 0.15) is 79.8 Å². The SMILES string of the molecule is C#CCNC(=O)c1ccc(C2=c3cc4c5c(c3Oc3c2cc2c6c3CCCN6CCC2)CCC[N+]=5CCC4)c(C(=O)[O-])c1. The van der Waals surface area contributed by atoms with E-state index >= 15 is 0 Å². The molecule has 43 heavy (non-hydrogen) atoms. The van der Waals surface area contributed by atoms with Crippen LogP contribution in [0, 0.1) is 12.3 Å². The maximum Gasteiger partial charge on any atom is 0.252 e. The van der Waals surface area contributed by atoms with Crippen molar-refractivity contribution in [1.82, 2.24) is 9.89 Å². The van der Waals surface area contributed by atoms with Gasteiger partial charge in [-0.25, -0.2) is 4.58 Å². The van der Waals surface area contributed by atoms with Crippen molar-refractivity contribution < 1.29 is 19.4 Å². The number of rotatable bonds is 4. The highest BCUT2D eigenvalue weighted by molar-refractivity contribution is 6.02. The Kier molecular flexibility index (Phi) is 6.08. The third-order valence-electron chi connectivity index (χ3n) is 9.81. The fraction of sp³-hybridized carbons (Fsp3) is 0.361. The summed E-state index contributed by atoms with van der Waals surface area (Å²) in [5, 5.41) is 17.7. The molecule has 5 heterocycles. The highest BCUT2D eigenvalue weighted by Crippen LogP contribution is 2.48. The van der Waals surface area contributed by atoms with E-state index in [1.807, 2.05) is 0 Å². The molecule has 5 aliphatic rings. The van der Waals surface area contributed by atoms with E-state index in [0.29, 0.717) is 5.56 Å². The summed E-state index contributed by atoms with van der Waals surface area (Å²) < 4.78 is 9.56. The predicted molar refractivity (Wildman–Crippen MR) is 162 cm³/mol. The number of aromatic carboxylic acids is 1. The zero-order chi connectivity index (χ0) is 29.2.